The van der Waals surface area contributed by atoms with Gasteiger partial charge in [-0.1, -0.05) is 0 Å². The lowest BCUT2D eigenvalue weighted by molar-refractivity contribution is -0.140. The highest BCUT2D eigenvalue weighted by molar-refractivity contribution is 5.90. The van der Waals surface area contributed by atoms with E-state index in [4.69, 9.17) is 19.9 Å². The summed E-state index contributed by atoms with van der Waals surface area (Å²) in [7, 11) is 0. The normalized spacial score (nSPS) is 20.9. The first-order valence-corrected chi connectivity index (χ1v) is 10.2. The summed E-state index contributed by atoms with van der Waals surface area (Å²) >= 11 is 0. The van der Waals surface area contributed by atoms with E-state index < -0.39 is 41.6 Å². The van der Waals surface area contributed by atoms with Gasteiger partial charge in [-0.25, -0.2) is 19.7 Å². The molecular weight excluding hydrogens is 463 g/mol. The predicted molar refractivity (Wildman–Crippen MR) is 110 cm³/mol. The maximum Gasteiger partial charge on any atom is 0.434 e. The Morgan fingerprint density at radius 2 is 2.00 bits per heavy atom. The van der Waals surface area contributed by atoms with Crippen LogP contribution in [0.3, 0.4) is 0 Å². The number of morpholine rings is 1. The van der Waals surface area contributed by atoms with Crippen molar-refractivity contribution in [3.63, 3.8) is 0 Å². The van der Waals surface area contributed by atoms with Crippen LogP contribution in [-0.2, 0) is 25.2 Å². The van der Waals surface area contributed by atoms with Crippen molar-refractivity contribution in [2.75, 3.05) is 48.4 Å². The van der Waals surface area contributed by atoms with Crippen molar-refractivity contribution in [1.82, 2.24) is 19.9 Å². The Hall–Kier alpha value is -3.75. The molecule has 2 aliphatic rings. The van der Waals surface area contributed by atoms with Crippen LogP contribution in [0.1, 0.15) is 12.6 Å². The van der Waals surface area contributed by atoms with Crippen LogP contribution in [0.25, 0.3) is 11.3 Å². The lowest BCUT2D eigenvalue weighted by Gasteiger charge is -2.29. The summed E-state index contributed by atoms with van der Waals surface area (Å²) in [5.41, 5.74) is 3.48. The zero-order chi connectivity index (χ0) is 24.5. The molecule has 1 amide bonds. The van der Waals surface area contributed by atoms with Gasteiger partial charge in [0.05, 0.1) is 18.9 Å². The van der Waals surface area contributed by atoms with Crippen molar-refractivity contribution < 1.29 is 37.0 Å². The average molecular weight is 483 g/mol. The number of alkyl halides is 3. The first kappa shape index (κ1) is 23.4. The molecule has 4 rings (SSSR count). The van der Waals surface area contributed by atoms with Crippen molar-refractivity contribution in [1.29, 1.82) is 0 Å². The van der Waals surface area contributed by atoms with Crippen molar-refractivity contribution in [2.45, 2.75) is 25.2 Å². The molecule has 0 saturated carbocycles. The monoisotopic (exact) mass is 483 g/mol. The van der Waals surface area contributed by atoms with Crippen LogP contribution < -0.4 is 15.5 Å². The van der Waals surface area contributed by atoms with Gasteiger partial charge in [-0.3, -0.25) is 9.69 Å². The van der Waals surface area contributed by atoms with E-state index in [0.29, 0.717) is 26.3 Å². The van der Waals surface area contributed by atoms with Gasteiger partial charge in [-0.15, -0.1) is 0 Å². The van der Waals surface area contributed by atoms with E-state index in [0.717, 1.165) is 11.1 Å². The van der Waals surface area contributed by atoms with E-state index in [1.165, 1.54) is 6.07 Å². The second-order valence-corrected chi connectivity index (χ2v) is 7.45. The first-order chi connectivity index (χ1) is 16.2. The highest BCUT2D eigenvalue weighted by atomic mass is 19.4. The highest BCUT2D eigenvalue weighted by Gasteiger charge is 2.43. The zero-order valence-corrected chi connectivity index (χ0v) is 17.9. The van der Waals surface area contributed by atoms with Gasteiger partial charge in [0.2, 0.25) is 11.9 Å². The van der Waals surface area contributed by atoms with Crippen molar-refractivity contribution >= 4 is 30.3 Å². The molecule has 0 radical (unpaired) electrons. The molecule has 34 heavy (non-hydrogen) atoms. The number of hydrogen-bond acceptors (Lipinski definition) is 11. The van der Waals surface area contributed by atoms with Gasteiger partial charge in [0.25, 0.3) is 6.47 Å². The van der Waals surface area contributed by atoms with Gasteiger partial charge in [-0.05, 0) is 6.92 Å². The lowest BCUT2D eigenvalue weighted by atomic mass is 10.1. The molecule has 2 aliphatic heterocycles. The molecule has 2 saturated heterocycles. The number of carbonyl (C=O) groups is 2. The molecule has 4 heterocycles. The summed E-state index contributed by atoms with van der Waals surface area (Å²) in [6.45, 7) is 3.09. The van der Waals surface area contributed by atoms with Gasteiger partial charge < -0.3 is 24.8 Å². The smallest absolute Gasteiger partial charge is 0.434 e. The van der Waals surface area contributed by atoms with Gasteiger partial charge >= 0.3 is 12.3 Å². The number of hydrogen-bond donors (Lipinski definition) is 1. The number of carbonyl (C=O) groups excluding carboxylic acids is 2. The topological polar surface area (TPSA) is 146 Å². The molecule has 2 aromatic heterocycles. The molecule has 2 fully saturated rings. The zero-order valence-electron chi connectivity index (χ0n) is 17.9. The summed E-state index contributed by atoms with van der Waals surface area (Å²) in [4.78, 5) is 41.9. The number of aromatic nitrogens is 4. The summed E-state index contributed by atoms with van der Waals surface area (Å²) < 4.78 is 56.6. The Morgan fingerprint density at radius 1 is 1.26 bits per heavy atom. The minimum atomic E-state index is -4.85. The Balaban J connectivity index is 1.86. The van der Waals surface area contributed by atoms with E-state index in [-0.39, 0.29) is 30.5 Å². The molecule has 2 N–H and O–H groups in total. The van der Waals surface area contributed by atoms with Crippen LogP contribution in [0, 0.1) is 0 Å². The standard InChI is InChI=1S/C19H20F3N7O5/c1-10-13(8-33-9-30)29(18(31)34-10)14-6-12(25-17(26-14)28-2-4-32-5-3-28)11-7-24-16(23)27-15(11)19(20,21)22/h6-7,9-10,13H,2-5,8H2,1H3,(H2,23,24,27)/t10-,13+/m1/s1. The maximum absolute atomic E-state index is 13.7. The second-order valence-electron chi connectivity index (χ2n) is 7.45. The summed E-state index contributed by atoms with van der Waals surface area (Å²) in [5.74, 6) is -0.518. The van der Waals surface area contributed by atoms with Crippen LogP contribution in [0.5, 0.6) is 0 Å². The van der Waals surface area contributed by atoms with E-state index in [2.05, 4.69) is 19.9 Å². The van der Waals surface area contributed by atoms with Crippen LogP contribution >= 0.6 is 0 Å². The Kier molecular flexibility index (Phi) is 6.37. The molecule has 0 aromatic carbocycles. The van der Waals surface area contributed by atoms with Crippen LogP contribution in [-0.4, -0.2) is 77.6 Å². The average Bonchev–Trinajstić information content (AvgIpc) is 3.09. The number of anilines is 3. The SMILES string of the molecule is C[C@H]1OC(=O)N(c2cc(-c3cnc(N)nc3C(F)(F)F)nc(N3CCOCC3)n2)[C@H]1COC=O. The van der Waals surface area contributed by atoms with Crippen LogP contribution in [0.15, 0.2) is 12.3 Å². The molecule has 0 bridgehead atoms. The summed E-state index contributed by atoms with van der Waals surface area (Å²) in [6, 6.07) is 0.434. The fourth-order valence-electron chi connectivity index (χ4n) is 3.64. The number of cyclic esters (lactones) is 1. The predicted octanol–water partition coefficient (Wildman–Crippen LogP) is 1.26. The summed E-state index contributed by atoms with van der Waals surface area (Å²) in [5, 5.41) is 0. The quantitative estimate of drug-likeness (QED) is 0.593. The van der Waals surface area contributed by atoms with Crippen LogP contribution in [0.2, 0.25) is 0 Å². The molecule has 0 unspecified atom stereocenters. The van der Waals surface area contributed by atoms with Crippen LogP contribution in [0.4, 0.5) is 35.7 Å². The largest absolute Gasteiger partial charge is 0.466 e. The molecule has 15 heteroatoms. The molecular formula is C19H20F3N7O5. The molecule has 12 nitrogen and oxygen atoms in total. The number of rotatable bonds is 6. The van der Waals surface area contributed by atoms with Gasteiger partial charge in [0.15, 0.2) is 5.69 Å². The Bertz CT molecular complexity index is 1080. The molecule has 0 aliphatic carbocycles. The number of halogens is 3. The molecule has 0 spiro atoms. The third kappa shape index (κ3) is 4.64. The number of ether oxygens (including phenoxy) is 3. The fraction of sp³-hybridized carbons (Fsp3) is 0.474. The molecule has 2 aromatic rings. The third-order valence-corrected chi connectivity index (χ3v) is 5.29. The Morgan fingerprint density at radius 3 is 2.68 bits per heavy atom. The third-order valence-electron chi connectivity index (χ3n) is 5.29. The highest BCUT2D eigenvalue weighted by Crippen LogP contribution is 2.37. The van der Waals surface area contributed by atoms with Gasteiger partial charge in [-0.2, -0.15) is 18.2 Å². The number of nitrogen functional groups attached to an aromatic ring is 1. The van der Waals surface area contributed by atoms with E-state index in [9.17, 15) is 22.8 Å². The lowest BCUT2D eigenvalue weighted by Crippen LogP contribution is -2.41. The van der Waals surface area contributed by atoms with Gasteiger partial charge in [0.1, 0.15) is 24.6 Å². The molecule has 2 atom stereocenters. The minimum absolute atomic E-state index is 0.0368. The number of nitrogens with two attached hydrogens (primary N) is 1. The van der Waals surface area contributed by atoms with Crippen molar-refractivity contribution in [3.05, 3.63) is 18.0 Å². The van der Waals surface area contributed by atoms with Gasteiger partial charge in [0, 0.05) is 30.9 Å². The maximum atomic E-state index is 13.7. The number of amides is 1. The second kappa shape index (κ2) is 9.24. The van der Waals surface area contributed by atoms with E-state index >= 15 is 0 Å². The minimum Gasteiger partial charge on any atom is -0.466 e. The van der Waals surface area contributed by atoms with Crippen molar-refractivity contribution in [2.24, 2.45) is 0 Å². The molecule has 182 valence electrons. The fourth-order valence-corrected chi connectivity index (χ4v) is 3.64. The summed E-state index contributed by atoms with van der Waals surface area (Å²) in [6.07, 6.45) is -5.41. The Labute approximate surface area is 190 Å². The van der Waals surface area contributed by atoms with E-state index in [1.807, 2.05) is 0 Å². The van der Waals surface area contributed by atoms with Crippen molar-refractivity contribution in [3.8, 4) is 11.3 Å². The van der Waals surface area contributed by atoms with E-state index in [1.54, 1.807) is 11.8 Å². The number of nitrogens with zero attached hydrogens (tertiary/aromatic N) is 6. The first-order valence-electron chi connectivity index (χ1n) is 10.2.